The van der Waals surface area contributed by atoms with Crippen molar-refractivity contribution in [3.05, 3.63) is 59.7 Å². The van der Waals surface area contributed by atoms with Gasteiger partial charge in [0.1, 0.15) is 5.75 Å². The summed E-state index contributed by atoms with van der Waals surface area (Å²) < 4.78 is 13.6. The molecule has 4 nitrogen and oxygen atoms in total. The molecule has 1 N–H and O–H groups in total. The Morgan fingerprint density at radius 3 is 2.62 bits per heavy atom. The average molecular weight is 288 g/mol. The van der Waals surface area contributed by atoms with Crippen LogP contribution in [0.3, 0.4) is 0 Å². The van der Waals surface area contributed by atoms with Gasteiger partial charge in [0.2, 0.25) is 0 Å². The minimum absolute atomic E-state index is 0.0186. The zero-order chi connectivity index (χ0) is 15.4. The Bertz CT molecular complexity index is 628. The first kappa shape index (κ1) is 15.0. The van der Waals surface area contributed by atoms with Gasteiger partial charge in [0.15, 0.2) is 5.82 Å². The zero-order valence-corrected chi connectivity index (χ0v) is 12.0. The Labute approximate surface area is 122 Å². The van der Waals surface area contributed by atoms with E-state index in [1.54, 1.807) is 31.3 Å². The highest BCUT2D eigenvalue weighted by Crippen LogP contribution is 2.15. The highest BCUT2D eigenvalue weighted by molar-refractivity contribution is 5.94. The zero-order valence-electron chi connectivity index (χ0n) is 12.0. The van der Waals surface area contributed by atoms with Gasteiger partial charge in [0.05, 0.1) is 11.8 Å². The number of carbonyl (C=O) groups is 1. The molecule has 2 rings (SSSR count). The molecule has 1 aromatic carbocycles. The summed E-state index contributed by atoms with van der Waals surface area (Å²) in [6.07, 6.45) is 3.05. The van der Waals surface area contributed by atoms with E-state index in [4.69, 9.17) is 0 Å². The van der Waals surface area contributed by atoms with Crippen LogP contribution in [0.1, 0.15) is 22.8 Å². The van der Waals surface area contributed by atoms with Gasteiger partial charge < -0.3 is 10.0 Å². The van der Waals surface area contributed by atoms with Crippen molar-refractivity contribution in [3.63, 3.8) is 0 Å². The molecule has 0 radical (unpaired) electrons. The molecule has 0 aliphatic rings. The van der Waals surface area contributed by atoms with E-state index < -0.39 is 5.82 Å². The highest BCUT2D eigenvalue weighted by Gasteiger charge is 2.20. The van der Waals surface area contributed by atoms with Crippen molar-refractivity contribution in [3.8, 4) is 5.75 Å². The molecular formula is C16H17FN2O2. The van der Waals surface area contributed by atoms with E-state index in [9.17, 15) is 14.3 Å². The molecule has 0 bridgehead atoms. The maximum atomic E-state index is 13.6. The van der Waals surface area contributed by atoms with E-state index in [-0.39, 0.29) is 23.3 Å². The van der Waals surface area contributed by atoms with E-state index in [1.165, 1.54) is 17.2 Å². The Morgan fingerprint density at radius 1 is 1.33 bits per heavy atom. The second kappa shape index (κ2) is 6.35. The average Bonchev–Trinajstić information content (AvgIpc) is 2.48. The summed E-state index contributed by atoms with van der Waals surface area (Å²) in [5.74, 6) is -0.790. The summed E-state index contributed by atoms with van der Waals surface area (Å²) in [6, 6.07) is 8.09. The summed E-state index contributed by atoms with van der Waals surface area (Å²) in [5.41, 5.74) is 1.01. The number of hydrogen-bond acceptors (Lipinski definition) is 3. The molecule has 0 fully saturated rings. The van der Waals surface area contributed by atoms with Crippen LogP contribution in [-0.2, 0) is 6.42 Å². The lowest BCUT2D eigenvalue weighted by molar-refractivity contribution is 0.0738. The predicted molar refractivity (Wildman–Crippen MR) is 77.6 cm³/mol. The Kier molecular flexibility index (Phi) is 4.52. The van der Waals surface area contributed by atoms with Crippen LogP contribution in [0, 0.1) is 5.82 Å². The minimum atomic E-state index is -0.619. The molecule has 2 aromatic rings. The summed E-state index contributed by atoms with van der Waals surface area (Å²) in [5, 5.41) is 9.26. The van der Waals surface area contributed by atoms with Crippen molar-refractivity contribution in [2.24, 2.45) is 0 Å². The van der Waals surface area contributed by atoms with Gasteiger partial charge in [-0.2, -0.15) is 0 Å². The fourth-order valence-corrected chi connectivity index (χ4v) is 2.05. The van der Waals surface area contributed by atoms with Crippen LogP contribution in [-0.4, -0.2) is 34.0 Å². The van der Waals surface area contributed by atoms with Crippen molar-refractivity contribution in [1.29, 1.82) is 0 Å². The Morgan fingerprint density at radius 2 is 2.00 bits per heavy atom. The summed E-state index contributed by atoms with van der Waals surface area (Å²) >= 11 is 0. The lowest BCUT2D eigenvalue weighted by Crippen LogP contribution is -2.36. The molecule has 0 aliphatic carbocycles. The van der Waals surface area contributed by atoms with Gasteiger partial charge in [0, 0.05) is 19.3 Å². The first-order valence-electron chi connectivity index (χ1n) is 6.63. The molecule has 0 aliphatic heterocycles. The molecule has 1 amide bonds. The molecule has 5 heteroatoms. The monoisotopic (exact) mass is 288 g/mol. The van der Waals surface area contributed by atoms with Crippen LogP contribution in [0.5, 0.6) is 5.75 Å². The van der Waals surface area contributed by atoms with E-state index >= 15 is 0 Å². The van der Waals surface area contributed by atoms with Gasteiger partial charge in [-0.05, 0) is 37.1 Å². The Hall–Kier alpha value is -2.43. The number of carbonyl (C=O) groups excluding carboxylic acids is 1. The van der Waals surface area contributed by atoms with Crippen LogP contribution < -0.4 is 0 Å². The first-order chi connectivity index (χ1) is 9.99. The van der Waals surface area contributed by atoms with Gasteiger partial charge in [-0.25, -0.2) is 4.39 Å². The van der Waals surface area contributed by atoms with E-state index in [1.807, 2.05) is 6.92 Å². The molecule has 1 heterocycles. The number of aromatic hydroxyl groups is 1. The van der Waals surface area contributed by atoms with Crippen molar-refractivity contribution in [2.45, 2.75) is 19.4 Å². The number of pyridine rings is 1. The normalized spacial score (nSPS) is 12.0. The number of nitrogens with zero attached hydrogens (tertiary/aromatic N) is 2. The molecule has 21 heavy (non-hydrogen) atoms. The Balaban J connectivity index is 2.08. The summed E-state index contributed by atoms with van der Waals surface area (Å²) in [6.45, 7) is 1.89. The van der Waals surface area contributed by atoms with Crippen molar-refractivity contribution in [2.75, 3.05) is 7.05 Å². The molecule has 1 aromatic heterocycles. The van der Waals surface area contributed by atoms with Crippen LogP contribution in [0.2, 0.25) is 0 Å². The minimum Gasteiger partial charge on any atom is -0.508 e. The highest BCUT2D eigenvalue weighted by atomic mass is 19.1. The van der Waals surface area contributed by atoms with Crippen molar-refractivity contribution in [1.82, 2.24) is 9.88 Å². The topological polar surface area (TPSA) is 53.4 Å². The number of aromatic nitrogens is 1. The van der Waals surface area contributed by atoms with Gasteiger partial charge in [-0.1, -0.05) is 12.1 Å². The largest absolute Gasteiger partial charge is 0.508 e. The second-order valence-corrected chi connectivity index (χ2v) is 4.99. The lowest BCUT2D eigenvalue weighted by Gasteiger charge is -2.25. The predicted octanol–water partition coefficient (Wildman–Crippen LogP) is 2.63. The van der Waals surface area contributed by atoms with Crippen molar-refractivity contribution < 1.29 is 14.3 Å². The quantitative estimate of drug-likeness (QED) is 0.941. The van der Waals surface area contributed by atoms with E-state index in [0.717, 1.165) is 11.8 Å². The van der Waals surface area contributed by atoms with Crippen molar-refractivity contribution >= 4 is 5.91 Å². The standard InChI is InChI=1S/C16H17FN2O2/c1-11(9-12-3-5-13(20)6-4-12)19(2)16(21)14-7-8-18-10-15(14)17/h3-8,10-11,20H,9H2,1-2H3/t11-/m1/s1. The molecular weight excluding hydrogens is 271 g/mol. The SMILES string of the molecule is C[C@H](Cc1ccc(O)cc1)N(C)C(=O)c1ccncc1F. The molecule has 1 atom stereocenters. The van der Waals surface area contributed by atoms with Gasteiger partial charge >= 0.3 is 0 Å². The summed E-state index contributed by atoms with van der Waals surface area (Å²) in [4.78, 5) is 17.4. The third-order valence-corrected chi connectivity index (χ3v) is 3.45. The van der Waals surface area contributed by atoms with Gasteiger partial charge in [0.25, 0.3) is 5.91 Å². The number of amides is 1. The number of phenolic OH excluding ortho intramolecular Hbond substituents is 1. The lowest BCUT2D eigenvalue weighted by atomic mass is 10.1. The molecule has 110 valence electrons. The number of halogens is 1. The summed E-state index contributed by atoms with van der Waals surface area (Å²) in [7, 11) is 1.65. The molecule has 0 spiro atoms. The fraction of sp³-hybridized carbons (Fsp3) is 0.250. The number of hydrogen-bond donors (Lipinski definition) is 1. The van der Waals surface area contributed by atoms with Crippen LogP contribution in [0.15, 0.2) is 42.7 Å². The van der Waals surface area contributed by atoms with Crippen LogP contribution >= 0.6 is 0 Å². The molecule has 0 saturated carbocycles. The maximum absolute atomic E-state index is 13.6. The van der Waals surface area contributed by atoms with E-state index in [0.29, 0.717) is 6.42 Å². The third-order valence-electron chi connectivity index (χ3n) is 3.45. The maximum Gasteiger partial charge on any atom is 0.256 e. The number of phenols is 1. The smallest absolute Gasteiger partial charge is 0.256 e. The number of benzene rings is 1. The second-order valence-electron chi connectivity index (χ2n) is 4.99. The van der Waals surface area contributed by atoms with E-state index in [2.05, 4.69) is 4.98 Å². The third kappa shape index (κ3) is 3.56. The van der Waals surface area contributed by atoms with Crippen LogP contribution in [0.4, 0.5) is 4.39 Å². The molecule has 0 unspecified atom stereocenters. The number of rotatable bonds is 4. The fourth-order valence-electron chi connectivity index (χ4n) is 2.05. The number of likely N-dealkylation sites (N-methyl/N-ethyl adjacent to an activating group) is 1. The van der Waals surface area contributed by atoms with Crippen LogP contribution in [0.25, 0.3) is 0 Å². The molecule has 0 saturated heterocycles. The van der Waals surface area contributed by atoms with Gasteiger partial charge in [-0.15, -0.1) is 0 Å². The van der Waals surface area contributed by atoms with Gasteiger partial charge in [-0.3, -0.25) is 9.78 Å². The first-order valence-corrected chi connectivity index (χ1v) is 6.63.